The quantitative estimate of drug-likeness (QED) is 0.541. The first-order valence-corrected chi connectivity index (χ1v) is 8.08. The lowest BCUT2D eigenvalue weighted by atomic mass is 10.1. The smallest absolute Gasteiger partial charge is 0.148 e. The van der Waals surface area contributed by atoms with Crippen LogP contribution in [0.15, 0.2) is 18.5 Å². The van der Waals surface area contributed by atoms with E-state index in [0.29, 0.717) is 11.9 Å². The molecule has 2 aromatic heterocycles. The molecule has 1 atom stereocenters. The van der Waals surface area contributed by atoms with Crippen molar-refractivity contribution in [3.8, 4) is 0 Å². The first-order valence-electron chi connectivity index (χ1n) is 7.26. The van der Waals surface area contributed by atoms with Crippen LogP contribution in [0.4, 0.5) is 11.6 Å². The van der Waals surface area contributed by atoms with Crippen LogP contribution < -0.4 is 16.6 Å². The summed E-state index contributed by atoms with van der Waals surface area (Å²) in [5, 5.41) is 3.49. The molecule has 0 saturated carbocycles. The molecule has 2 aromatic rings. The zero-order chi connectivity index (χ0) is 15.2. The highest BCUT2D eigenvalue weighted by atomic mass is 32.1. The van der Waals surface area contributed by atoms with Crippen LogP contribution in [0, 0.1) is 6.92 Å². The summed E-state index contributed by atoms with van der Waals surface area (Å²) < 4.78 is 0. The summed E-state index contributed by atoms with van der Waals surface area (Å²) >= 11 is 1.84. The van der Waals surface area contributed by atoms with E-state index in [0.717, 1.165) is 30.6 Å². The fourth-order valence-electron chi connectivity index (χ4n) is 2.33. The van der Waals surface area contributed by atoms with Gasteiger partial charge in [0, 0.05) is 27.8 Å². The summed E-state index contributed by atoms with van der Waals surface area (Å²) in [4.78, 5) is 11.3. The van der Waals surface area contributed by atoms with Gasteiger partial charge in [0.2, 0.25) is 0 Å². The van der Waals surface area contributed by atoms with Gasteiger partial charge in [-0.15, -0.1) is 11.3 Å². The van der Waals surface area contributed by atoms with Crippen molar-refractivity contribution in [2.24, 2.45) is 5.84 Å². The minimum atomic E-state index is 0.305. The summed E-state index contributed by atoms with van der Waals surface area (Å²) in [6.45, 7) is 6.44. The molecule has 5 nitrogen and oxygen atoms in total. The number of thiophene rings is 1. The van der Waals surface area contributed by atoms with Gasteiger partial charge < -0.3 is 10.7 Å². The predicted molar refractivity (Wildman–Crippen MR) is 89.7 cm³/mol. The Bertz CT molecular complexity index is 581. The number of nitrogens with zero attached hydrogens (tertiary/aromatic N) is 2. The number of aryl methyl sites for hydroxylation is 1. The SMILES string of the molecule is CCCc1c(NN)ncnc1NC(C)Cc1ccc(C)s1. The third-order valence-electron chi connectivity index (χ3n) is 3.27. The van der Waals surface area contributed by atoms with Gasteiger partial charge in [-0.2, -0.15) is 0 Å². The molecule has 0 aliphatic heterocycles. The highest BCUT2D eigenvalue weighted by Crippen LogP contribution is 2.23. The van der Waals surface area contributed by atoms with E-state index >= 15 is 0 Å². The topological polar surface area (TPSA) is 75.9 Å². The monoisotopic (exact) mass is 305 g/mol. The average Bonchev–Trinajstić information content (AvgIpc) is 2.86. The predicted octanol–water partition coefficient (Wildman–Crippen LogP) is 3.13. The molecule has 114 valence electrons. The van der Waals surface area contributed by atoms with E-state index in [2.05, 4.69) is 53.6 Å². The Balaban J connectivity index is 2.10. The van der Waals surface area contributed by atoms with E-state index in [1.54, 1.807) is 6.33 Å². The van der Waals surface area contributed by atoms with Gasteiger partial charge in [0.15, 0.2) is 0 Å². The Morgan fingerprint density at radius 2 is 2.05 bits per heavy atom. The maximum absolute atomic E-state index is 5.54. The molecular weight excluding hydrogens is 282 g/mol. The second-order valence-electron chi connectivity index (χ2n) is 5.21. The van der Waals surface area contributed by atoms with Crippen LogP contribution in [0.25, 0.3) is 0 Å². The lowest BCUT2D eigenvalue weighted by Crippen LogP contribution is -2.21. The fourth-order valence-corrected chi connectivity index (χ4v) is 3.35. The maximum atomic E-state index is 5.54. The lowest BCUT2D eigenvalue weighted by Gasteiger charge is -2.18. The van der Waals surface area contributed by atoms with Gasteiger partial charge >= 0.3 is 0 Å². The van der Waals surface area contributed by atoms with Crippen molar-refractivity contribution in [2.75, 3.05) is 10.7 Å². The van der Waals surface area contributed by atoms with Crippen molar-refractivity contribution in [3.05, 3.63) is 33.8 Å². The van der Waals surface area contributed by atoms with Crippen LogP contribution >= 0.6 is 11.3 Å². The highest BCUT2D eigenvalue weighted by molar-refractivity contribution is 7.11. The van der Waals surface area contributed by atoms with Gasteiger partial charge in [-0.25, -0.2) is 15.8 Å². The van der Waals surface area contributed by atoms with Gasteiger partial charge in [-0.05, 0) is 32.4 Å². The third-order valence-corrected chi connectivity index (χ3v) is 4.29. The molecule has 2 rings (SSSR count). The zero-order valence-electron chi connectivity index (χ0n) is 12.8. The van der Waals surface area contributed by atoms with Crippen molar-refractivity contribution >= 4 is 23.0 Å². The first-order chi connectivity index (χ1) is 10.1. The zero-order valence-corrected chi connectivity index (χ0v) is 13.6. The van der Waals surface area contributed by atoms with E-state index in [9.17, 15) is 0 Å². The highest BCUT2D eigenvalue weighted by Gasteiger charge is 2.13. The molecule has 0 fully saturated rings. The third kappa shape index (κ3) is 4.15. The fraction of sp³-hybridized carbons (Fsp3) is 0.467. The summed E-state index contributed by atoms with van der Waals surface area (Å²) in [5.74, 6) is 7.12. The standard InChI is InChI=1S/C15H23N5S/c1-4-5-13-14(17-9-18-15(13)20-16)19-10(2)8-12-7-6-11(3)21-12/h6-7,9-10H,4-5,8,16H2,1-3H3,(H2,17,18,19,20). The van der Waals surface area contributed by atoms with E-state index in [-0.39, 0.29) is 0 Å². The summed E-state index contributed by atoms with van der Waals surface area (Å²) in [6, 6.07) is 4.66. The molecule has 0 spiro atoms. The first kappa shape index (κ1) is 15.7. The van der Waals surface area contributed by atoms with Crippen LogP contribution in [0.1, 0.15) is 35.6 Å². The van der Waals surface area contributed by atoms with E-state index in [1.165, 1.54) is 9.75 Å². The second kappa shape index (κ2) is 7.38. The van der Waals surface area contributed by atoms with Crippen molar-refractivity contribution in [3.63, 3.8) is 0 Å². The molecular formula is C15H23N5S. The lowest BCUT2D eigenvalue weighted by molar-refractivity contribution is 0.785. The number of aromatic nitrogens is 2. The molecule has 0 amide bonds. The number of hydrazine groups is 1. The maximum Gasteiger partial charge on any atom is 0.148 e. The molecule has 1 unspecified atom stereocenters. The molecule has 0 saturated heterocycles. The molecule has 0 radical (unpaired) electrons. The van der Waals surface area contributed by atoms with E-state index in [4.69, 9.17) is 5.84 Å². The minimum absolute atomic E-state index is 0.305. The van der Waals surface area contributed by atoms with Gasteiger partial charge in [-0.3, -0.25) is 0 Å². The summed E-state index contributed by atoms with van der Waals surface area (Å²) in [7, 11) is 0. The Kier molecular flexibility index (Phi) is 5.52. The Labute approximate surface area is 130 Å². The van der Waals surface area contributed by atoms with E-state index in [1.807, 2.05) is 11.3 Å². The number of rotatable bonds is 7. The molecule has 0 aliphatic carbocycles. The molecule has 6 heteroatoms. The van der Waals surface area contributed by atoms with Crippen LogP contribution in [0.5, 0.6) is 0 Å². The number of hydrogen-bond donors (Lipinski definition) is 3. The summed E-state index contributed by atoms with van der Waals surface area (Å²) in [6.07, 6.45) is 4.45. The largest absolute Gasteiger partial charge is 0.367 e. The number of hydrogen-bond acceptors (Lipinski definition) is 6. The average molecular weight is 305 g/mol. The Morgan fingerprint density at radius 3 is 2.67 bits per heavy atom. The Morgan fingerprint density at radius 1 is 1.29 bits per heavy atom. The number of anilines is 2. The molecule has 0 aromatic carbocycles. The van der Waals surface area contributed by atoms with Gasteiger partial charge in [0.1, 0.15) is 18.0 Å². The molecule has 2 heterocycles. The van der Waals surface area contributed by atoms with Crippen molar-refractivity contribution in [2.45, 2.75) is 46.1 Å². The number of nitrogens with two attached hydrogens (primary N) is 1. The van der Waals surface area contributed by atoms with Crippen LogP contribution in [-0.4, -0.2) is 16.0 Å². The van der Waals surface area contributed by atoms with E-state index < -0.39 is 0 Å². The summed E-state index contributed by atoms with van der Waals surface area (Å²) in [5.41, 5.74) is 3.71. The van der Waals surface area contributed by atoms with Gasteiger partial charge in [0.25, 0.3) is 0 Å². The molecule has 0 bridgehead atoms. The van der Waals surface area contributed by atoms with Crippen molar-refractivity contribution in [1.29, 1.82) is 0 Å². The number of nitrogen functional groups attached to an aromatic ring is 1. The minimum Gasteiger partial charge on any atom is -0.367 e. The molecule has 0 aliphatic rings. The Hall–Kier alpha value is -1.66. The number of nitrogens with one attached hydrogen (secondary N) is 2. The van der Waals surface area contributed by atoms with Crippen molar-refractivity contribution < 1.29 is 0 Å². The van der Waals surface area contributed by atoms with Crippen LogP contribution in [0.2, 0.25) is 0 Å². The van der Waals surface area contributed by atoms with Gasteiger partial charge in [-0.1, -0.05) is 13.3 Å². The second-order valence-corrected chi connectivity index (χ2v) is 6.58. The van der Waals surface area contributed by atoms with Crippen molar-refractivity contribution in [1.82, 2.24) is 9.97 Å². The normalized spacial score (nSPS) is 12.2. The van der Waals surface area contributed by atoms with Gasteiger partial charge in [0.05, 0.1) is 0 Å². The van der Waals surface area contributed by atoms with Crippen LogP contribution in [0.3, 0.4) is 0 Å². The van der Waals surface area contributed by atoms with Crippen LogP contribution in [-0.2, 0) is 12.8 Å². The molecule has 21 heavy (non-hydrogen) atoms. The molecule has 4 N–H and O–H groups in total.